The molecule has 0 radical (unpaired) electrons. The minimum absolute atomic E-state index is 0.00731. The first-order valence-corrected chi connectivity index (χ1v) is 12.5. The molecular weight excluding hydrogens is 450 g/mol. The summed E-state index contributed by atoms with van der Waals surface area (Å²) in [5.41, 5.74) is 3.58. The molecule has 1 unspecified atom stereocenters. The summed E-state index contributed by atoms with van der Waals surface area (Å²) in [6.45, 7) is 5.69. The number of carbonyl (C=O) groups excluding carboxylic acids is 2. The van der Waals surface area contributed by atoms with E-state index in [-0.39, 0.29) is 22.8 Å². The first-order valence-electron chi connectivity index (χ1n) is 11.1. The number of nitrogens with one attached hydrogen (secondary N) is 2. The number of benzene rings is 3. The van der Waals surface area contributed by atoms with Gasteiger partial charge in [0.1, 0.15) is 0 Å². The van der Waals surface area contributed by atoms with Crippen molar-refractivity contribution in [2.75, 3.05) is 16.7 Å². The van der Waals surface area contributed by atoms with Gasteiger partial charge in [0, 0.05) is 29.8 Å². The summed E-state index contributed by atoms with van der Waals surface area (Å²) >= 11 is 0. The molecule has 3 aromatic rings. The molecule has 1 aliphatic heterocycles. The number of anilines is 2. The fourth-order valence-electron chi connectivity index (χ4n) is 4.10. The van der Waals surface area contributed by atoms with Gasteiger partial charge < -0.3 is 10.6 Å². The van der Waals surface area contributed by atoms with E-state index in [1.165, 1.54) is 11.4 Å². The Morgan fingerprint density at radius 2 is 1.65 bits per heavy atom. The Kier molecular flexibility index (Phi) is 6.18. The van der Waals surface area contributed by atoms with Crippen LogP contribution in [-0.4, -0.2) is 33.3 Å². The van der Waals surface area contributed by atoms with E-state index in [9.17, 15) is 18.0 Å². The fraction of sp³-hybridized carbons (Fsp3) is 0.231. The van der Waals surface area contributed by atoms with Crippen LogP contribution < -0.4 is 14.9 Å². The maximum absolute atomic E-state index is 13.3. The summed E-state index contributed by atoms with van der Waals surface area (Å²) in [5, 5.41) is 5.77. The molecule has 4 rings (SSSR count). The van der Waals surface area contributed by atoms with Crippen LogP contribution in [0.2, 0.25) is 0 Å². The second kappa shape index (κ2) is 8.95. The average Bonchev–Trinajstić information content (AvgIpc) is 2.82. The van der Waals surface area contributed by atoms with Crippen molar-refractivity contribution in [2.45, 2.75) is 38.1 Å². The topological polar surface area (TPSA) is 95.6 Å². The largest absolute Gasteiger partial charge is 0.350 e. The van der Waals surface area contributed by atoms with Crippen LogP contribution in [0.25, 0.3) is 11.1 Å². The van der Waals surface area contributed by atoms with Crippen molar-refractivity contribution in [1.29, 1.82) is 0 Å². The van der Waals surface area contributed by atoms with E-state index < -0.39 is 10.0 Å². The zero-order chi connectivity index (χ0) is 24.6. The number of hydrogen-bond acceptors (Lipinski definition) is 4. The molecule has 1 heterocycles. The van der Waals surface area contributed by atoms with Gasteiger partial charge in [0.15, 0.2) is 0 Å². The van der Waals surface area contributed by atoms with E-state index in [4.69, 9.17) is 0 Å². The maximum atomic E-state index is 13.3. The highest BCUT2D eigenvalue weighted by Crippen LogP contribution is 2.44. The van der Waals surface area contributed by atoms with E-state index in [2.05, 4.69) is 10.6 Å². The molecule has 34 heavy (non-hydrogen) atoms. The Hall–Kier alpha value is -3.65. The van der Waals surface area contributed by atoms with E-state index in [0.29, 0.717) is 39.2 Å². The number of hydrogen-bond donors (Lipinski definition) is 2. The molecule has 0 spiro atoms. The molecule has 8 heteroatoms. The second-order valence-electron chi connectivity index (χ2n) is 8.44. The first kappa shape index (κ1) is 23.5. The lowest BCUT2D eigenvalue weighted by Gasteiger charge is -2.31. The SMILES string of the molecule is CCC(C)NC(=O)c1ccccc1NC(=O)c1cc(C)c2c(c1)-c1ccccc1S(=O)(=O)N2C. The first-order chi connectivity index (χ1) is 16.1. The van der Waals surface area contributed by atoms with Crippen molar-refractivity contribution in [3.05, 3.63) is 77.4 Å². The number of sulfonamides is 1. The van der Waals surface area contributed by atoms with Crippen LogP contribution >= 0.6 is 0 Å². The maximum Gasteiger partial charge on any atom is 0.264 e. The third kappa shape index (κ3) is 4.05. The van der Waals surface area contributed by atoms with Gasteiger partial charge in [-0.15, -0.1) is 0 Å². The molecule has 0 bridgehead atoms. The van der Waals surface area contributed by atoms with E-state index >= 15 is 0 Å². The summed E-state index contributed by atoms with van der Waals surface area (Å²) in [5.74, 6) is -0.643. The lowest BCUT2D eigenvalue weighted by atomic mass is 9.96. The summed E-state index contributed by atoms with van der Waals surface area (Å²) in [7, 11) is -2.16. The van der Waals surface area contributed by atoms with Crippen LogP contribution in [-0.2, 0) is 10.0 Å². The van der Waals surface area contributed by atoms with E-state index in [1.807, 2.05) is 13.8 Å². The van der Waals surface area contributed by atoms with Gasteiger partial charge >= 0.3 is 0 Å². The summed E-state index contributed by atoms with van der Waals surface area (Å²) < 4.78 is 27.2. The van der Waals surface area contributed by atoms with Crippen molar-refractivity contribution in [1.82, 2.24) is 5.32 Å². The van der Waals surface area contributed by atoms with Gasteiger partial charge in [-0.25, -0.2) is 8.42 Å². The van der Waals surface area contributed by atoms with Gasteiger partial charge in [0.25, 0.3) is 21.8 Å². The van der Waals surface area contributed by atoms with E-state index in [1.54, 1.807) is 67.6 Å². The second-order valence-corrected chi connectivity index (χ2v) is 10.4. The van der Waals surface area contributed by atoms with Crippen LogP contribution in [0.4, 0.5) is 11.4 Å². The molecule has 0 aliphatic carbocycles. The Morgan fingerprint density at radius 3 is 2.38 bits per heavy atom. The highest BCUT2D eigenvalue weighted by atomic mass is 32.2. The van der Waals surface area contributed by atoms with Crippen molar-refractivity contribution in [3.8, 4) is 11.1 Å². The van der Waals surface area contributed by atoms with Crippen LogP contribution in [0.3, 0.4) is 0 Å². The predicted molar refractivity (Wildman–Crippen MR) is 134 cm³/mol. The zero-order valence-corrected chi connectivity index (χ0v) is 20.4. The van der Waals surface area contributed by atoms with Crippen molar-refractivity contribution in [2.24, 2.45) is 0 Å². The zero-order valence-electron chi connectivity index (χ0n) is 19.5. The van der Waals surface area contributed by atoms with Crippen LogP contribution in [0.1, 0.15) is 46.5 Å². The third-order valence-electron chi connectivity index (χ3n) is 6.10. The smallest absolute Gasteiger partial charge is 0.264 e. The highest BCUT2D eigenvalue weighted by molar-refractivity contribution is 7.93. The number of nitrogens with zero attached hydrogens (tertiary/aromatic N) is 1. The number of amides is 2. The number of aryl methyl sites for hydroxylation is 1. The minimum Gasteiger partial charge on any atom is -0.350 e. The van der Waals surface area contributed by atoms with Gasteiger partial charge in [0.05, 0.1) is 21.8 Å². The Morgan fingerprint density at radius 1 is 0.971 bits per heavy atom. The molecular formula is C26H27N3O4S. The lowest BCUT2D eigenvalue weighted by molar-refractivity contribution is 0.0940. The number of fused-ring (bicyclic) bond motifs is 3. The Balaban J connectivity index is 1.72. The van der Waals surface area contributed by atoms with Crippen molar-refractivity contribution < 1.29 is 18.0 Å². The average molecular weight is 478 g/mol. The van der Waals surface area contributed by atoms with Crippen LogP contribution in [0.5, 0.6) is 0 Å². The van der Waals surface area contributed by atoms with Gasteiger partial charge in [-0.2, -0.15) is 0 Å². The number of rotatable bonds is 5. The highest BCUT2D eigenvalue weighted by Gasteiger charge is 2.34. The lowest BCUT2D eigenvalue weighted by Crippen LogP contribution is -2.32. The van der Waals surface area contributed by atoms with E-state index in [0.717, 1.165) is 6.42 Å². The number of carbonyl (C=O) groups is 2. The quantitative estimate of drug-likeness (QED) is 0.562. The normalized spacial score (nSPS) is 14.5. The molecule has 7 nitrogen and oxygen atoms in total. The van der Waals surface area contributed by atoms with Gasteiger partial charge in [-0.3, -0.25) is 13.9 Å². The van der Waals surface area contributed by atoms with Gasteiger partial charge in [0.2, 0.25) is 0 Å². The van der Waals surface area contributed by atoms with Crippen LogP contribution in [0.15, 0.2) is 65.6 Å². The summed E-state index contributed by atoms with van der Waals surface area (Å²) in [6.07, 6.45) is 0.792. The van der Waals surface area contributed by atoms with Crippen LogP contribution in [0, 0.1) is 6.92 Å². The molecule has 0 aromatic heterocycles. The van der Waals surface area contributed by atoms with Crippen molar-refractivity contribution >= 4 is 33.2 Å². The van der Waals surface area contributed by atoms with Gasteiger partial charge in [-0.05, 0) is 56.2 Å². The molecule has 0 fully saturated rings. The monoisotopic (exact) mass is 477 g/mol. The molecule has 3 aromatic carbocycles. The third-order valence-corrected chi connectivity index (χ3v) is 7.92. The summed E-state index contributed by atoms with van der Waals surface area (Å²) in [6, 6.07) is 17.0. The fourth-order valence-corrected chi connectivity index (χ4v) is 5.59. The minimum atomic E-state index is -3.68. The Labute approximate surface area is 199 Å². The summed E-state index contributed by atoms with van der Waals surface area (Å²) in [4.78, 5) is 26.2. The molecule has 2 N–H and O–H groups in total. The molecule has 176 valence electrons. The van der Waals surface area contributed by atoms with Gasteiger partial charge in [-0.1, -0.05) is 37.3 Å². The van der Waals surface area contributed by atoms with Crippen molar-refractivity contribution in [3.63, 3.8) is 0 Å². The predicted octanol–water partition coefficient (Wildman–Crippen LogP) is 4.58. The molecule has 0 saturated carbocycles. The standard InChI is InChI=1S/C26H27N3O4S/c1-5-17(3)27-26(31)20-11-6-8-12-22(20)28-25(30)18-14-16(2)24-21(15-18)19-10-7-9-13-23(19)34(32,33)29(24)4/h6-15,17H,5H2,1-4H3,(H,27,31)(H,28,30). The molecule has 1 atom stereocenters. The number of para-hydroxylation sites is 1. The molecule has 1 aliphatic rings. The molecule has 0 saturated heterocycles. The molecule has 2 amide bonds. The Bertz CT molecular complexity index is 1400.